The maximum absolute atomic E-state index is 16.4. The van der Waals surface area contributed by atoms with E-state index in [2.05, 4.69) is 20.4 Å². The fraction of sp³-hybridized carbons (Fsp3) is 0.561. The molecule has 5 aliphatic rings. The van der Waals surface area contributed by atoms with Crippen LogP contribution in [-0.2, 0) is 25.5 Å². The predicted molar refractivity (Wildman–Crippen MR) is 276 cm³/mol. The number of amides is 5. The van der Waals surface area contributed by atoms with Crippen molar-refractivity contribution in [2.24, 2.45) is 11.3 Å². The molecule has 0 radical (unpaired) electrons. The van der Waals surface area contributed by atoms with Crippen LogP contribution in [-0.4, -0.2) is 154 Å². The summed E-state index contributed by atoms with van der Waals surface area (Å²) in [5.74, 6) is -2.59. The van der Waals surface area contributed by atoms with Crippen LogP contribution in [0.5, 0.6) is 0 Å². The molecule has 3 aromatic carbocycles. The number of aromatic amines is 1. The number of piperazine rings is 1. The summed E-state index contributed by atoms with van der Waals surface area (Å²) in [6, 6.07) is 15.7. The second-order valence-electron chi connectivity index (χ2n) is 22.2. The van der Waals surface area contributed by atoms with Crippen LogP contribution in [0.3, 0.4) is 0 Å². The Morgan fingerprint density at radius 3 is 2.09 bits per heavy atom. The number of halogens is 2. The zero-order chi connectivity index (χ0) is 52.1. The molecule has 2 N–H and O–H groups in total. The lowest BCUT2D eigenvalue weighted by molar-refractivity contribution is -0.141. The number of nitrogens with zero attached hydrogens (tertiary/aromatic N) is 6. The van der Waals surface area contributed by atoms with Gasteiger partial charge >= 0.3 is 0 Å². The first-order chi connectivity index (χ1) is 35.6. The zero-order valence-electron chi connectivity index (χ0n) is 43.2. The van der Waals surface area contributed by atoms with Crippen LogP contribution < -0.4 is 10.9 Å². The minimum Gasteiger partial charge on any atom is -0.375 e. The Morgan fingerprint density at radius 2 is 1.39 bits per heavy atom. The highest BCUT2D eigenvalue weighted by Gasteiger charge is 2.38. The zero-order valence-corrected chi connectivity index (χ0v) is 43.2. The third-order valence-corrected chi connectivity index (χ3v) is 16.1. The van der Waals surface area contributed by atoms with Crippen LogP contribution in [0.2, 0.25) is 0 Å². The second kappa shape index (κ2) is 23.2. The van der Waals surface area contributed by atoms with Crippen molar-refractivity contribution in [3.05, 3.63) is 111 Å². The van der Waals surface area contributed by atoms with Gasteiger partial charge in [0, 0.05) is 88.6 Å². The number of likely N-dealkylation sites (tertiary alicyclic amines) is 3. The average molecular weight is 1020 g/mol. The number of hydrogen-bond acceptors (Lipinski definition) is 9. The standard InChI is InChI=1S/C57H72F2N8O7/c1-57(2,3)56(73)67-24-10-13-39(35-67)42-16-9-17-45(50(42)59)52(69)60-51(38-11-5-4-6-12-38)55(72)65-27-22-41(23-28-65)74-40-20-25-63(26-21-40)36-49(68)64-29-31-66(32-30-64)54(71)46-33-37(18-19-47(46)58)34-48-43-14-7-8-15-44(43)53(70)62-61-48/h7-9,14-19,33,38-41,51H,4-6,10-13,20-32,34-36H2,1-3H3,(H,60,69)(H,62,70). The summed E-state index contributed by atoms with van der Waals surface area (Å²) in [4.78, 5) is 90.0. The summed E-state index contributed by atoms with van der Waals surface area (Å²) < 4.78 is 38.1. The van der Waals surface area contributed by atoms with Crippen LogP contribution in [0.1, 0.15) is 135 Å². The van der Waals surface area contributed by atoms with Gasteiger partial charge in [-0.2, -0.15) is 5.10 Å². The number of carbonyl (C=O) groups is 5. The number of fused-ring (bicyclic) bond motifs is 1. The van der Waals surface area contributed by atoms with Crippen LogP contribution >= 0.6 is 0 Å². The van der Waals surface area contributed by atoms with Gasteiger partial charge in [-0.25, -0.2) is 13.9 Å². The average Bonchev–Trinajstić information content (AvgIpc) is 3.41. The van der Waals surface area contributed by atoms with Gasteiger partial charge in [0.2, 0.25) is 17.7 Å². The lowest BCUT2D eigenvalue weighted by Crippen LogP contribution is -2.55. The third kappa shape index (κ3) is 12.2. The molecule has 1 saturated carbocycles. The molecule has 4 aliphatic heterocycles. The molecule has 5 amide bonds. The number of H-pyrrole nitrogens is 1. The topological polar surface area (TPSA) is 169 Å². The van der Waals surface area contributed by atoms with Gasteiger partial charge in [0.25, 0.3) is 17.4 Å². The molecule has 5 fully saturated rings. The van der Waals surface area contributed by atoms with E-state index in [1.165, 1.54) is 12.1 Å². The fourth-order valence-corrected chi connectivity index (χ4v) is 11.8. The predicted octanol–water partition coefficient (Wildman–Crippen LogP) is 6.68. The first-order valence-electron chi connectivity index (χ1n) is 27.0. The Morgan fingerprint density at radius 1 is 0.716 bits per heavy atom. The van der Waals surface area contributed by atoms with Crippen molar-refractivity contribution in [3.8, 4) is 0 Å². The molecule has 5 heterocycles. The molecule has 74 heavy (non-hydrogen) atoms. The molecule has 1 aromatic heterocycles. The van der Waals surface area contributed by atoms with Crippen LogP contribution in [0.4, 0.5) is 8.78 Å². The van der Waals surface area contributed by atoms with Gasteiger partial charge < -0.3 is 29.7 Å². The summed E-state index contributed by atoms with van der Waals surface area (Å²) in [7, 11) is 0. The lowest BCUT2D eigenvalue weighted by Gasteiger charge is -2.40. The molecule has 1 aliphatic carbocycles. The molecule has 4 saturated heterocycles. The highest BCUT2D eigenvalue weighted by molar-refractivity contribution is 5.98. The largest absolute Gasteiger partial charge is 0.375 e. The van der Waals surface area contributed by atoms with Crippen molar-refractivity contribution >= 4 is 40.3 Å². The van der Waals surface area contributed by atoms with E-state index < -0.39 is 34.9 Å². The molecule has 9 rings (SSSR count). The van der Waals surface area contributed by atoms with Crippen molar-refractivity contribution in [1.82, 2.24) is 40.0 Å². The van der Waals surface area contributed by atoms with E-state index in [9.17, 15) is 28.8 Å². The van der Waals surface area contributed by atoms with E-state index in [-0.39, 0.29) is 78.1 Å². The molecule has 0 spiro atoms. The highest BCUT2D eigenvalue weighted by Crippen LogP contribution is 2.34. The Balaban J connectivity index is 0.717. The van der Waals surface area contributed by atoms with Crippen molar-refractivity contribution in [2.75, 3.05) is 72.0 Å². The number of benzene rings is 3. The highest BCUT2D eigenvalue weighted by atomic mass is 19.1. The fourth-order valence-electron chi connectivity index (χ4n) is 11.8. The number of ether oxygens (including phenoxy) is 1. The van der Waals surface area contributed by atoms with Crippen molar-refractivity contribution in [1.29, 1.82) is 0 Å². The quantitative estimate of drug-likeness (QED) is 0.157. The maximum Gasteiger partial charge on any atom is 0.272 e. The molecule has 17 heteroatoms. The summed E-state index contributed by atoms with van der Waals surface area (Å²) in [6.07, 6.45) is 9.33. The Bertz CT molecular complexity index is 2750. The molecule has 4 aromatic rings. The summed E-state index contributed by atoms with van der Waals surface area (Å²) in [5, 5.41) is 11.0. The minimum absolute atomic E-state index is 0.00926. The van der Waals surface area contributed by atoms with Crippen LogP contribution in [0.15, 0.2) is 65.5 Å². The number of nitrogens with one attached hydrogen (secondary N) is 2. The lowest BCUT2D eigenvalue weighted by atomic mass is 9.82. The summed E-state index contributed by atoms with van der Waals surface area (Å²) in [6.45, 7) is 10.6. The minimum atomic E-state index is -0.759. The first kappa shape index (κ1) is 52.8. The first-order valence-corrected chi connectivity index (χ1v) is 27.0. The van der Waals surface area contributed by atoms with Crippen LogP contribution in [0, 0.1) is 23.0 Å². The molecule has 2 atom stereocenters. The molecular formula is C57H72F2N8O7. The van der Waals surface area contributed by atoms with Gasteiger partial charge in [0.1, 0.15) is 17.7 Å². The van der Waals surface area contributed by atoms with E-state index in [0.717, 1.165) is 57.8 Å². The van der Waals surface area contributed by atoms with Gasteiger partial charge in [0.05, 0.1) is 41.0 Å². The van der Waals surface area contributed by atoms with E-state index in [1.807, 2.05) is 42.7 Å². The van der Waals surface area contributed by atoms with Gasteiger partial charge in [0.15, 0.2) is 0 Å². The Labute approximate surface area is 432 Å². The number of piperidine rings is 3. The molecular weight excluding hydrogens is 947 g/mol. The Hall–Kier alpha value is -6.07. The number of carbonyl (C=O) groups excluding carboxylic acids is 5. The van der Waals surface area contributed by atoms with Crippen molar-refractivity contribution < 1.29 is 37.5 Å². The molecule has 15 nitrogen and oxygen atoms in total. The monoisotopic (exact) mass is 1020 g/mol. The maximum atomic E-state index is 16.4. The van der Waals surface area contributed by atoms with Crippen molar-refractivity contribution in [3.63, 3.8) is 0 Å². The molecule has 2 unspecified atom stereocenters. The van der Waals surface area contributed by atoms with Crippen molar-refractivity contribution in [2.45, 2.75) is 122 Å². The van der Waals surface area contributed by atoms with Gasteiger partial charge in [-0.1, -0.05) is 76.4 Å². The summed E-state index contributed by atoms with van der Waals surface area (Å²) in [5.41, 5.74) is 0.775. The van der Waals surface area contributed by atoms with Gasteiger partial charge in [-0.15, -0.1) is 0 Å². The van der Waals surface area contributed by atoms with E-state index >= 15 is 8.78 Å². The molecule has 396 valence electrons. The number of rotatable bonds is 12. The molecule has 0 bridgehead atoms. The van der Waals surface area contributed by atoms with Crippen LogP contribution in [0.25, 0.3) is 10.8 Å². The third-order valence-electron chi connectivity index (χ3n) is 16.1. The van der Waals surface area contributed by atoms with E-state index in [1.54, 1.807) is 46.2 Å². The Kier molecular flexibility index (Phi) is 16.6. The van der Waals surface area contributed by atoms with E-state index in [4.69, 9.17) is 4.74 Å². The van der Waals surface area contributed by atoms with Gasteiger partial charge in [-0.05, 0) is 92.7 Å². The second-order valence-corrected chi connectivity index (χ2v) is 22.2. The smallest absolute Gasteiger partial charge is 0.272 e. The normalized spacial score (nSPS) is 20.4. The number of hydrogen-bond donors (Lipinski definition) is 2. The SMILES string of the molecule is CC(C)(C)C(=O)N1CCCC(c2cccc(C(=O)NC(C(=O)N3CCC(OC4CCN(CC(=O)N5CCN(C(=O)c6cc(Cc7n[nH]c(=O)c8ccccc78)ccc6F)CC5)CC4)CC3)C3CCCCC3)c2F)C1. The van der Waals surface area contributed by atoms with E-state index in [0.29, 0.717) is 99.2 Å². The summed E-state index contributed by atoms with van der Waals surface area (Å²) >= 11 is 0. The van der Waals surface area contributed by atoms with Gasteiger partial charge in [-0.3, -0.25) is 33.7 Å². The number of aromatic nitrogens is 2.